The van der Waals surface area contributed by atoms with Crippen molar-refractivity contribution >= 4 is 26.3 Å². The van der Waals surface area contributed by atoms with Crippen molar-refractivity contribution in [1.29, 1.82) is 0 Å². The second kappa shape index (κ2) is 12.6. The molecule has 0 radical (unpaired) electrons. The molecule has 10 heteroatoms. The van der Waals surface area contributed by atoms with Crippen molar-refractivity contribution in [2.75, 3.05) is 27.3 Å². The normalized spacial score (nSPS) is 11.6. The highest BCUT2D eigenvalue weighted by atomic mass is 28.3. The summed E-state index contributed by atoms with van der Waals surface area (Å²) >= 11 is 0. The summed E-state index contributed by atoms with van der Waals surface area (Å²) in [4.78, 5) is 31.8. The van der Waals surface area contributed by atoms with E-state index >= 15 is 0 Å². The van der Waals surface area contributed by atoms with E-state index in [0.29, 0.717) is 17.9 Å². The Balaban J connectivity index is 1.78. The fourth-order valence-electron chi connectivity index (χ4n) is 3.33. The van der Waals surface area contributed by atoms with Crippen LogP contribution >= 0.6 is 0 Å². The lowest BCUT2D eigenvalue weighted by Crippen LogP contribution is -2.22. The predicted molar refractivity (Wildman–Crippen MR) is 147 cm³/mol. The Bertz CT molecular complexity index is 1230. The Morgan fingerprint density at radius 1 is 0.973 bits per heavy atom. The van der Waals surface area contributed by atoms with Crippen molar-refractivity contribution in [3.05, 3.63) is 59.8 Å². The van der Waals surface area contributed by atoms with Crippen molar-refractivity contribution in [3.8, 4) is 22.4 Å². The number of benzene rings is 2. The SMILES string of the molecule is CCOC(=O)c1nn(COCC[Si](C)(C)C)nc1-c1ccc(-c2ccc(C(=O)/N=C/N(C)C)cc2)cc1. The van der Waals surface area contributed by atoms with Crippen LogP contribution in [0.1, 0.15) is 27.8 Å². The molecule has 3 rings (SSSR count). The van der Waals surface area contributed by atoms with Crippen LogP contribution < -0.4 is 0 Å². The zero-order chi connectivity index (χ0) is 27.0. The first kappa shape index (κ1) is 27.9. The molecule has 0 saturated carbocycles. The van der Waals surface area contributed by atoms with E-state index in [1.807, 2.05) is 50.5 Å². The van der Waals surface area contributed by atoms with Crippen LogP contribution in [0, 0.1) is 0 Å². The minimum Gasteiger partial charge on any atom is -0.461 e. The van der Waals surface area contributed by atoms with E-state index in [-0.39, 0.29) is 24.9 Å². The highest BCUT2D eigenvalue weighted by molar-refractivity contribution is 6.76. The number of ether oxygens (including phenoxy) is 2. The van der Waals surface area contributed by atoms with Gasteiger partial charge in [0.05, 0.1) is 12.9 Å². The Labute approximate surface area is 219 Å². The minimum absolute atomic E-state index is 0.157. The molecule has 1 aromatic heterocycles. The van der Waals surface area contributed by atoms with Gasteiger partial charge in [-0.1, -0.05) is 56.0 Å². The van der Waals surface area contributed by atoms with E-state index < -0.39 is 14.0 Å². The van der Waals surface area contributed by atoms with Crippen LogP contribution in [0.4, 0.5) is 0 Å². The lowest BCUT2D eigenvalue weighted by Gasteiger charge is -2.14. The molecular weight excluding hydrogens is 486 g/mol. The number of esters is 1. The zero-order valence-electron chi connectivity index (χ0n) is 22.4. The molecule has 0 atom stereocenters. The average molecular weight is 522 g/mol. The number of carbonyl (C=O) groups is 2. The fourth-order valence-corrected chi connectivity index (χ4v) is 4.09. The number of aliphatic imine (C=N–C) groups is 1. The van der Waals surface area contributed by atoms with Crippen molar-refractivity contribution in [1.82, 2.24) is 19.9 Å². The number of aromatic nitrogens is 3. The van der Waals surface area contributed by atoms with Gasteiger partial charge in [0, 0.05) is 39.9 Å². The molecule has 0 fully saturated rings. The summed E-state index contributed by atoms with van der Waals surface area (Å²) in [6.07, 6.45) is 1.48. The predicted octanol–water partition coefficient (Wildman–Crippen LogP) is 4.83. The fraction of sp³-hybridized carbons (Fsp3) is 0.370. The summed E-state index contributed by atoms with van der Waals surface area (Å²) in [5, 5.41) is 8.86. The number of rotatable bonds is 11. The second-order valence-electron chi connectivity index (χ2n) is 10.0. The summed E-state index contributed by atoms with van der Waals surface area (Å²) in [7, 11) is 2.41. The summed E-state index contributed by atoms with van der Waals surface area (Å²) in [6, 6.07) is 16.0. The molecule has 0 aliphatic rings. The monoisotopic (exact) mass is 521 g/mol. The Hall–Kier alpha value is -3.63. The number of hydrogen-bond donors (Lipinski definition) is 0. The molecule has 196 valence electrons. The number of carbonyl (C=O) groups excluding carboxylic acids is 2. The van der Waals surface area contributed by atoms with Crippen LogP contribution in [0.25, 0.3) is 22.4 Å². The van der Waals surface area contributed by atoms with Crippen LogP contribution in [-0.2, 0) is 16.2 Å². The molecule has 1 amide bonds. The molecule has 0 spiro atoms. The maximum atomic E-state index is 12.6. The summed E-state index contributed by atoms with van der Waals surface area (Å²) < 4.78 is 11.0. The van der Waals surface area contributed by atoms with Gasteiger partial charge in [0.2, 0.25) is 0 Å². The number of nitrogens with zero attached hydrogens (tertiary/aromatic N) is 5. The first-order valence-corrected chi connectivity index (χ1v) is 15.9. The molecule has 0 aliphatic carbocycles. The molecule has 0 unspecified atom stereocenters. The molecule has 37 heavy (non-hydrogen) atoms. The van der Waals surface area contributed by atoms with E-state index in [0.717, 1.165) is 22.7 Å². The third kappa shape index (κ3) is 8.19. The van der Waals surface area contributed by atoms with Crippen molar-refractivity contribution in [2.24, 2.45) is 4.99 Å². The Kier molecular flexibility index (Phi) is 9.48. The third-order valence-corrected chi connectivity index (χ3v) is 7.06. The van der Waals surface area contributed by atoms with E-state index in [1.165, 1.54) is 11.1 Å². The van der Waals surface area contributed by atoms with E-state index in [1.54, 1.807) is 24.0 Å². The molecule has 0 saturated heterocycles. The van der Waals surface area contributed by atoms with E-state index in [2.05, 4.69) is 34.8 Å². The van der Waals surface area contributed by atoms with Gasteiger partial charge < -0.3 is 14.4 Å². The van der Waals surface area contributed by atoms with Gasteiger partial charge in [0.25, 0.3) is 5.91 Å². The quantitative estimate of drug-likeness (QED) is 0.117. The van der Waals surface area contributed by atoms with Gasteiger partial charge in [-0.3, -0.25) is 4.79 Å². The van der Waals surface area contributed by atoms with Crippen molar-refractivity contribution in [2.45, 2.75) is 39.3 Å². The maximum absolute atomic E-state index is 12.6. The Morgan fingerprint density at radius 2 is 1.57 bits per heavy atom. The third-order valence-electron chi connectivity index (χ3n) is 5.36. The Morgan fingerprint density at radius 3 is 2.14 bits per heavy atom. The van der Waals surface area contributed by atoms with Crippen molar-refractivity contribution < 1.29 is 19.1 Å². The molecule has 9 nitrogen and oxygen atoms in total. The lowest BCUT2D eigenvalue weighted by molar-refractivity contribution is 0.0507. The molecule has 0 bridgehead atoms. The van der Waals surface area contributed by atoms with Crippen LogP contribution in [0.2, 0.25) is 25.7 Å². The minimum atomic E-state index is -1.21. The maximum Gasteiger partial charge on any atom is 0.361 e. The first-order chi connectivity index (χ1) is 17.6. The lowest BCUT2D eigenvalue weighted by atomic mass is 10.0. The number of hydrogen-bond acceptors (Lipinski definition) is 6. The zero-order valence-corrected chi connectivity index (χ0v) is 23.4. The summed E-state index contributed by atoms with van der Waals surface area (Å²) in [5.41, 5.74) is 3.76. The van der Waals surface area contributed by atoms with Crippen LogP contribution in [-0.4, -0.2) is 73.5 Å². The topological polar surface area (TPSA) is 98.9 Å². The van der Waals surface area contributed by atoms with Gasteiger partial charge in [-0.05, 0) is 36.2 Å². The molecule has 3 aromatic rings. The van der Waals surface area contributed by atoms with E-state index in [4.69, 9.17) is 9.47 Å². The highest BCUT2D eigenvalue weighted by Crippen LogP contribution is 2.26. The molecule has 0 N–H and O–H groups in total. The molecular formula is C27H35N5O4Si. The standard InChI is InChI=1S/C27H35N5O4Si/c1-7-36-27(34)25-24(29-32(30-25)19-35-16-17-37(4,5)6)22-12-8-20(9-13-22)21-10-14-23(15-11-21)26(33)28-18-31(2)3/h8-15,18H,7,16-17,19H2,1-6H3/b28-18+. The van der Waals surface area contributed by atoms with E-state index in [9.17, 15) is 9.59 Å². The largest absolute Gasteiger partial charge is 0.461 e. The summed E-state index contributed by atoms with van der Waals surface area (Å²) in [6.45, 7) is 9.66. The smallest absolute Gasteiger partial charge is 0.361 e. The van der Waals surface area contributed by atoms with Crippen LogP contribution in [0.3, 0.4) is 0 Å². The van der Waals surface area contributed by atoms with Crippen LogP contribution in [0.5, 0.6) is 0 Å². The first-order valence-electron chi connectivity index (χ1n) is 12.2. The van der Waals surface area contributed by atoms with Gasteiger partial charge >= 0.3 is 5.97 Å². The van der Waals surface area contributed by atoms with Crippen molar-refractivity contribution in [3.63, 3.8) is 0 Å². The van der Waals surface area contributed by atoms with Gasteiger partial charge in [-0.15, -0.1) is 5.10 Å². The molecule has 0 aliphatic heterocycles. The van der Waals surface area contributed by atoms with Gasteiger partial charge in [0.1, 0.15) is 5.69 Å². The van der Waals surface area contributed by atoms with Crippen LogP contribution in [0.15, 0.2) is 53.5 Å². The van der Waals surface area contributed by atoms with Gasteiger partial charge in [-0.2, -0.15) is 14.9 Å². The highest BCUT2D eigenvalue weighted by Gasteiger charge is 2.22. The molecule has 1 heterocycles. The van der Waals surface area contributed by atoms with Gasteiger partial charge in [-0.25, -0.2) is 4.79 Å². The average Bonchev–Trinajstić information content (AvgIpc) is 3.29. The van der Waals surface area contributed by atoms with Gasteiger partial charge in [0.15, 0.2) is 12.4 Å². The summed E-state index contributed by atoms with van der Waals surface area (Å²) in [5.74, 6) is -0.818. The number of amides is 1. The second-order valence-corrected chi connectivity index (χ2v) is 15.6. The molecule has 2 aromatic carbocycles.